The maximum absolute atomic E-state index is 12.9. The molecule has 0 aliphatic carbocycles. The van der Waals surface area contributed by atoms with Crippen LogP contribution >= 0.6 is 11.3 Å². The molecule has 0 spiro atoms. The van der Waals surface area contributed by atoms with Crippen LogP contribution in [0, 0.1) is 13.8 Å². The van der Waals surface area contributed by atoms with Crippen LogP contribution in [0.4, 0.5) is 0 Å². The molecule has 2 aromatic carbocycles. The Morgan fingerprint density at radius 1 is 1.07 bits per heavy atom. The molecular formula is C24H30N2O2S. The van der Waals surface area contributed by atoms with Gasteiger partial charge in [0.15, 0.2) is 4.80 Å². The van der Waals surface area contributed by atoms with Crippen molar-refractivity contribution in [2.45, 2.75) is 59.9 Å². The number of unbranched alkanes of at least 4 members (excludes halogenated alkanes) is 2. The van der Waals surface area contributed by atoms with E-state index in [2.05, 4.69) is 49.4 Å². The summed E-state index contributed by atoms with van der Waals surface area (Å²) in [6.07, 6.45) is 4.32. The van der Waals surface area contributed by atoms with Crippen LogP contribution in [0.15, 0.2) is 41.4 Å². The van der Waals surface area contributed by atoms with Gasteiger partial charge in [0.2, 0.25) is 0 Å². The fraction of sp³-hybridized carbons (Fsp3) is 0.417. The lowest BCUT2D eigenvalue weighted by Gasteiger charge is -2.06. The normalized spacial score (nSPS) is 11.9. The van der Waals surface area contributed by atoms with Gasteiger partial charge in [-0.25, -0.2) is 0 Å². The molecule has 0 radical (unpaired) electrons. The summed E-state index contributed by atoms with van der Waals surface area (Å²) in [4.78, 5) is 18.1. The third-order valence-corrected chi connectivity index (χ3v) is 6.08. The number of ether oxygens (including phenoxy) is 1. The Morgan fingerprint density at radius 2 is 1.86 bits per heavy atom. The van der Waals surface area contributed by atoms with E-state index in [1.807, 2.05) is 12.1 Å². The Hall–Kier alpha value is -2.40. The lowest BCUT2D eigenvalue weighted by atomic mass is 10.1. The molecule has 0 aliphatic heterocycles. The van der Waals surface area contributed by atoms with Crippen LogP contribution in [-0.4, -0.2) is 17.1 Å². The fourth-order valence-electron chi connectivity index (χ4n) is 3.26. The van der Waals surface area contributed by atoms with Crippen molar-refractivity contribution in [3.05, 3.63) is 57.9 Å². The number of nitrogens with zero attached hydrogens (tertiary/aromatic N) is 2. The molecular weight excluding hydrogens is 380 g/mol. The van der Waals surface area contributed by atoms with Gasteiger partial charge in [0.05, 0.1) is 16.8 Å². The zero-order valence-electron chi connectivity index (χ0n) is 17.8. The minimum atomic E-state index is -0.228. The summed E-state index contributed by atoms with van der Waals surface area (Å²) in [6.45, 7) is 10.1. The summed E-state index contributed by atoms with van der Waals surface area (Å²) in [6, 6.07) is 11.7. The number of rotatable bonds is 8. The number of aryl methyl sites for hydroxylation is 3. The van der Waals surface area contributed by atoms with E-state index in [1.165, 1.54) is 15.8 Å². The van der Waals surface area contributed by atoms with Crippen molar-refractivity contribution in [2.75, 3.05) is 6.61 Å². The largest absolute Gasteiger partial charge is 0.494 e. The summed E-state index contributed by atoms with van der Waals surface area (Å²) < 4.78 is 9.12. The van der Waals surface area contributed by atoms with Crippen molar-refractivity contribution >= 4 is 27.5 Å². The molecule has 0 N–H and O–H groups in total. The van der Waals surface area contributed by atoms with Crippen molar-refractivity contribution in [1.29, 1.82) is 0 Å². The van der Waals surface area contributed by atoms with Crippen molar-refractivity contribution in [3.63, 3.8) is 0 Å². The van der Waals surface area contributed by atoms with E-state index in [1.54, 1.807) is 23.5 Å². The Labute approximate surface area is 176 Å². The number of carbonyl (C=O) groups is 1. The van der Waals surface area contributed by atoms with E-state index in [0.29, 0.717) is 12.2 Å². The van der Waals surface area contributed by atoms with E-state index in [4.69, 9.17) is 4.74 Å². The van der Waals surface area contributed by atoms with Gasteiger partial charge >= 0.3 is 0 Å². The number of hydrogen-bond donors (Lipinski definition) is 0. The third-order valence-electron chi connectivity index (χ3n) is 5.04. The standard InChI is InChI=1S/C24H30N2O2S/c1-5-7-8-13-28-20-11-9-10-19(16-20)23(27)25-24-26(12-6-2)21-14-17(3)18(4)15-22(21)29-24/h9-11,14-16H,5-8,12-13H2,1-4H3. The molecule has 0 saturated heterocycles. The maximum atomic E-state index is 12.9. The molecule has 5 heteroatoms. The lowest BCUT2D eigenvalue weighted by Crippen LogP contribution is -2.17. The Kier molecular flexibility index (Phi) is 7.26. The molecule has 29 heavy (non-hydrogen) atoms. The summed E-state index contributed by atoms with van der Waals surface area (Å²) in [5.41, 5.74) is 4.23. The molecule has 154 valence electrons. The van der Waals surface area contributed by atoms with Gasteiger partial charge in [-0.05, 0) is 68.1 Å². The summed E-state index contributed by atoms with van der Waals surface area (Å²) in [7, 11) is 0. The van der Waals surface area contributed by atoms with Crippen molar-refractivity contribution in [2.24, 2.45) is 4.99 Å². The van der Waals surface area contributed by atoms with Gasteiger partial charge in [-0.2, -0.15) is 4.99 Å². The molecule has 1 amide bonds. The molecule has 0 atom stereocenters. The highest BCUT2D eigenvalue weighted by atomic mass is 32.1. The van der Waals surface area contributed by atoms with Crippen LogP contribution < -0.4 is 9.54 Å². The third kappa shape index (κ3) is 5.15. The Balaban J connectivity index is 1.92. The van der Waals surface area contributed by atoms with E-state index in [9.17, 15) is 4.79 Å². The molecule has 3 rings (SSSR count). The number of amides is 1. The van der Waals surface area contributed by atoms with E-state index >= 15 is 0 Å². The number of aromatic nitrogens is 1. The van der Waals surface area contributed by atoms with Crippen LogP contribution in [0.3, 0.4) is 0 Å². The summed E-state index contributed by atoms with van der Waals surface area (Å²) >= 11 is 1.58. The van der Waals surface area contributed by atoms with Crippen LogP contribution in [0.1, 0.15) is 61.0 Å². The molecule has 0 unspecified atom stereocenters. The highest BCUT2D eigenvalue weighted by Gasteiger charge is 2.11. The molecule has 0 bridgehead atoms. The highest BCUT2D eigenvalue weighted by molar-refractivity contribution is 7.16. The van der Waals surface area contributed by atoms with E-state index < -0.39 is 0 Å². The van der Waals surface area contributed by atoms with E-state index in [-0.39, 0.29) is 5.91 Å². The SMILES string of the molecule is CCCCCOc1cccc(C(=O)N=c2sc3cc(C)c(C)cc3n2CCC)c1. The first kappa shape index (κ1) is 21.3. The Bertz CT molecular complexity index is 1060. The van der Waals surface area contributed by atoms with Crippen LogP contribution in [0.5, 0.6) is 5.75 Å². The molecule has 1 heterocycles. The number of fused-ring (bicyclic) bond motifs is 1. The zero-order chi connectivity index (χ0) is 20.8. The van der Waals surface area contributed by atoms with Crippen LogP contribution in [0.2, 0.25) is 0 Å². The zero-order valence-corrected chi connectivity index (χ0v) is 18.6. The lowest BCUT2D eigenvalue weighted by molar-refractivity contribution is 0.0997. The van der Waals surface area contributed by atoms with Gasteiger partial charge in [0, 0.05) is 12.1 Å². The monoisotopic (exact) mass is 410 g/mol. The molecule has 0 fully saturated rings. The van der Waals surface area contributed by atoms with E-state index in [0.717, 1.165) is 48.3 Å². The van der Waals surface area contributed by atoms with Crippen LogP contribution in [0.25, 0.3) is 10.2 Å². The molecule has 0 saturated carbocycles. The number of benzene rings is 2. The second-order valence-corrected chi connectivity index (χ2v) is 8.45. The summed E-state index contributed by atoms with van der Waals surface area (Å²) in [5.74, 6) is 0.500. The van der Waals surface area contributed by atoms with Gasteiger partial charge in [-0.3, -0.25) is 4.79 Å². The van der Waals surface area contributed by atoms with Crippen molar-refractivity contribution in [1.82, 2.24) is 4.57 Å². The van der Waals surface area contributed by atoms with Gasteiger partial charge < -0.3 is 9.30 Å². The molecule has 3 aromatic rings. The van der Waals surface area contributed by atoms with Gasteiger partial charge in [-0.1, -0.05) is 44.1 Å². The molecule has 0 aliphatic rings. The quantitative estimate of drug-likeness (QED) is 0.425. The second-order valence-electron chi connectivity index (χ2n) is 7.44. The predicted octanol–water partition coefficient (Wildman–Crippen LogP) is 6.04. The Morgan fingerprint density at radius 3 is 2.62 bits per heavy atom. The number of carbonyl (C=O) groups excluding carboxylic acids is 1. The van der Waals surface area contributed by atoms with Gasteiger partial charge in [0.25, 0.3) is 5.91 Å². The number of thiazole rings is 1. The summed E-state index contributed by atoms with van der Waals surface area (Å²) in [5, 5.41) is 0. The smallest absolute Gasteiger partial charge is 0.279 e. The van der Waals surface area contributed by atoms with Crippen molar-refractivity contribution < 1.29 is 9.53 Å². The second kappa shape index (κ2) is 9.88. The average molecular weight is 411 g/mol. The number of hydrogen-bond acceptors (Lipinski definition) is 3. The first-order valence-corrected chi connectivity index (χ1v) is 11.3. The maximum Gasteiger partial charge on any atom is 0.279 e. The van der Waals surface area contributed by atoms with Gasteiger partial charge in [0.1, 0.15) is 5.75 Å². The van der Waals surface area contributed by atoms with Crippen molar-refractivity contribution in [3.8, 4) is 5.75 Å². The minimum absolute atomic E-state index is 0.228. The van der Waals surface area contributed by atoms with Crippen LogP contribution in [-0.2, 0) is 6.54 Å². The predicted molar refractivity (Wildman–Crippen MR) is 121 cm³/mol. The highest BCUT2D eigenvalue weighted by Crippen LogP contribution is 2.22. The molecule has 4 nitrogen and oxygen atoms in total. The topological polar surface area (TPSA) is 43.6 Å². The molecule has 1 aromatic heterocycles. The first-order chi connectivity index (χ1) is 14.0. The van der Waals surface area contributed by atoms with Gasteiger partial charge in [-0.15, -0.1) is 0 Å². The fourth-order valence-corrected chi connectivity index (χ4v) is 4.39. The first-order valence-electron chi connectivity index (χ1n) is 10.5. The minimum Gasteiger partial charge on any atom is -0.494 e. The average Bonchev–Trinajstić information content (AvgIpc) is 3.02.